The van der Waals surface area contributed by atoms with Crippen LogP contribution in [0.15, 0.2) is 85.2 Å². The molecule has 0 amide bonds. The summed E-state index contributed by atoms with van der Waals surface area (Å²) in [7, 11) is 3.40. The van der Waals surface area contributed by atoms with Gasteiger partial charge in [0.05, 0.1) is 36.6 Å². The third-order valence-corrected chi connectivity index (χ3v) is 8.15. The summed E-state index contributed by atoms with van der Waals surface area (Å²) in [6, 6.07) is 25.3. The molecule has 0 aliphatic carbocycles. The molecule has 2 atom stereocenters. The Morgan fingerprint density at radius 2 is 0.966 bits per heavy atom. The van der Waals surface area contributed by atoms with E-state index in [-0.39, 0.29) is 11.0 Å². The Bertz CT molecular complexity index is 1920. The van der Waals surface area contributed by atoms with Gasteiger partial charge in [0.15, 0.2) is 0 Å². The van der Waals surface area contributed by atoms with E-state index in [2.05, 4.69) is 81.5 Å². The Hall–Kier alpha value is -6.92. The smallest absolute Gasteiger partial charge is 0.414 e. The summed E-state index contributed by atoms with van der Waals surface area (Å²) in [5, 5.41) is 46.2. The van der Waals surface area contributed by atoms with Crippen LogP contribution in [0.1, 0.15) is 39.5 Å². The number of hydrogen-bond donors (Lipinski definition) is 8. The Morgan fingerprint density at radius 3 is 1.31 bits per heavy atom. The van der Waals surface area contributed by atoms with Crippen molar-refractivity contribution in [3.05, 3.63) is 85.2 Å². The van der Waals surface area contributed by atoms with E-state index in [4.69, 9.17) is 49.1 Å². The van der Waals surface area contributed by atoms with E-state index < -0.39 is 23.9 Å². The molecule has 18 heteroatoms. The number of carboxylic acid groups (broad SMARTS) is 4. The number of fused-ring (bicyclic) bond motifs is 2. The number of rotatable bonds is 16. The van der Waals surface area contributed by atoms with Crippen LogP contribution in [0.25, 0.3) is 21.8 Å². The first-order valence-corrected chi connectivity index (χ1v) is 17.7. The van der Waals surface area contributed by atoms with Crippen molar-refractivity contribution in [2.24, 2.45) is 0 Å². The molecular weight excluding hydrogens is 756 g/mol. The molecule has 0 aliphatic rings. The average Bonchev–Trinajstić information content (AvgIpc) is 3.18. The van der Waals surface area contributed by atoms with E-state index in [1.165, 1.54) is 0 Å². The Morgan fingerprint density at radius 1 is 0.586 bits per heavy atom. The van der Waals surface area contributed by atoms with Gasteiger partial charge < -0.3 is 62.1 Å². The molecule has 0 fully saturated rings. The highest BCUT2D eigenvalue weighted by Crippen LogP contribution is 2.30. The molecule has 0 bridgehead atoms. The fourth-order valence-electron chi connectivity index (χ4n) is 5.48. The Balaban J connectivity index is 0.00000105. The van der Waals surface area contributed by atoms with E-state index in [1.807, 2.05) is 48.8 Å². The molecule has 5 rings (SSSR count). The molecule has 5 aromatic rings. The second-order valence-corrected chi connectivity index (χ2v) is 12.5. The number of benzene rings is 3. The number of aromatic nitrogens is 2. The first kappa shape index (κ1) is 49.1. The summed E-state index contributed by atoms with van der Waals surface area (Å²) < 4.78 is 11.0. The highest BCUT2D eigenvalue weighted by Gasteiger charge is 2.11. The lowest BCUT2D eigenvalue weighted by Gasteiger charge is -2.18. The van der Waals surface area contributed by atoms with Crippen molar-refractivity contribution in [3.8, 4) is 11.5 Å². The van der Waals surface area contributed by atoms with Crippen LogP contribution in [0.5, 0.6) is 11.5 Å². The van der Waals surface area contributed by atoms with E-state index in [9.17, 15) is 0 Å². The van der Waals surface area contributed by atoms with Gasteiger partial charge >= 0.3 is 23.9 Å². The number of methoxy groups -OCH3 is 2. The van der Waals surface area contributed by atoms with Gasteiger partial charge in [-0.3, -0.25) is 9.97 Å². The van der Waals surface area contributed by atoms with Gasteiger partial charge in [-0.15, -0.1) is 0 Å². The van der Waals surface area contributed by atoms with E-state index in [0.717, 1.165) is 94.8 Å². The van der Waals surface area contributed by atoms with Gasteiger partial charge in [0.1, 0.15) is 11.5 Å². The maximum absolute atomic E-state index is 9.10. The minimum absolute atomic E-state index is 0. The first-order valence-electron chi connectivity index (χ1n) is 17.7. The van der Waals surface area contributed by atoms with Crippen molar-refractivity contribution in [2.45, 2.75) is 51.6 Å². The predicted molar refractivity (Wildman–Crippen MR) is 222 cm³/mol. The fourth-order valence-corrected chi connectivity index (χ4v) is 5.48. The molecule has 0 saturated carbocycles. The maximum atomic E-state index is 9.10. The van der Waals surface area contributed by atoms with Crippen molar-refractivity contribution in [2.75, 3.05) is 48.6 Å². The third kappa shape index (κ3) is 16.4. The van der Waals surface area contributed by atoms with Crippen molar-refractivity contribution < 1.29 is 60.0 Å². The lowest BCUT2D eigenvalue weighted by molar-refractivity contribution is -0.159. The van der Waals surface area contributed by atoms with Crippen molar-refractivity contribution in [3.63, 3.8) is 0 Å². The van der Waals surface area contributed by atoms with Crippen molar-refractivity contribution in [1.82, 2.24) is 9.97 Å². The molecule has 0 aliphatic heterocycles. The quantitative estimate of drug-likeness (QED) is 0.0488. The number of carbonyl (C=O) groups is 4. The Kier molecular flexibility index (Phi) is 21.4. The zero-order valence-corrected chi connectivity index (χ0v) is 32.6. The van der Waals surface area contributed by atoms with Crippen LogP contribution in [-0.4, -0.2) is 105 Å². The van der Waals surface area contributed by atoms with Crippen LogP contribution in [0.3, 0.4) is 0 Å². The standard InChI is InChI=1S/C36H44N6O2.2C2H2O4.2H2O/c1-25(41-33-23-31(43-3)20-27-12-8-18-39-35(27)33)10-6-16-37-29-14-5-15-30(22-29)38-17-7-11-26(2)42-34-24-32(44-4)21-28-13-9-19-40-36(28)34;2*3-1(4)2(5)6;;/h5,8-9,12-15,18-26,37-38,41-42H,6-7,10-11,16-17H2,1-4H3;2*(H,3,4)(H,5,6);2*1H2. The average molecular weight is 809 g/mol. The minimum Gasteiger partial charge on any atom is -0.497 e. The summed E-state index contributed by atoms with van der Waals surface area (Å²) in [5.74, 6) is -5.63. The van der Waals surface area contributed by atoms with Crippen LogP contribution in [0.2, 0.25) is 0 Å². The van der Waals surface area contributed by atoms with Gasteiger partial charge in [-0.1, -0.05) is 18.2 Å². The number of ether oxygens (including phenoxy) is 2. The topological polar surface area (TPSA) is 305 Å². The molecule has 58 heavy (non-hydrogen) atoms. The number of anilines is 4. The van der Waals surface area contributed by atoms with Gasteiger partial charge in [-0.05, 0) is 82.0 Å². The maximum Gasteiger partial charge on any atom is 0.414 e. The lowest BCUT2D eigenvalue weighted by atomic mass is 10.1. The van der Waals surface area contributed by atoms with Crippen molar-refractivity contribution in [1.29, 1.82) is 0 Å². The summed E-state index contributed by atoms with van der Waals surface area (Å²) in [4.78, 5) is 45.5. The number of nitrogens with zero attached hydrogens (tertiary/aromatic N) is 2. The normalized spacial score (nSPS) is 11.0. The number of carboxylic acids is 4. The molecule has 0 spiro atoms. The van der Waals surface area contributed by atoms with Crippen LogP contribution in [-0.2, 0) is 19.2 Å². The third-order valence-electron chi connectivity index (χ3n) is 8.15. The largest absolute Gasteiger partial charge is 0.497 e. The zero-order valence-electron chi connectivity index (χ0n) is 32.6. The monoisotopic (exact) mass is 808 g/mol. The highest BCUT2D eigenvalue weighted by molar-refractivity contribution is 6.27. The van der Waals surface area contributed by atoms with Crippen LogP contribution >= 0.6 is 0 Å². The molecule has 2 unspecified atom stereocenters. The molecule has 12 N–H and O–H groups in total. The molecular formula is C40H52N6O12. The number of hydrogen-bond acceptors (Lipinski definition) is 12. The fraction of sp³-hybridized carbons (Fsp3) is 0.300. The first-order chi connectivity index (χ1) is 26.8. The zero-order chi connectivity index (χ0) is 41.0. The summed E-state index contributed by atoms with van der Waals surface area (Å²) in [6.07, 6.45) is 7.82. The van der Waals surface area contributed by atoms with Gasteiger partial charge in [0.2, 0.25) is 0 Å². The Labute approximate surface area is 334 Å². The van der Waals surface area contributed by atoms with Crippen molar-refractivity contribution >= 4 is 68.4 Å². The molecule has 3 aromatic carbocycles. The molecule has 18 nitrogen and oxygen atoms in total. The van der Waals surface area contributed by atoms with Gasteiger partial charge in [0, 0.05) is 71.8 Å². The van der Waals surface area contributed by atoms with E-state index in [1.54, 1.807) is 14.2 Å². The molecule has 2 heterocycles. The highest BCUT2D eigenvalue weighted by atomic mass is 16.5. The van der Waals surface area contributed by atoms with Gasteiger partial charge in [0.25, 0.3) is 0 Å². The molecule has 0 radical (unpaired) electrons. The van der Waals surface area contributed by atoms with Crippen LogP contribution in [0.4, 0.5) is 22.7 Å². The van der Waals surface area contributed by atoms with Gasteiger partial charge in [-0.25, -0.2) is 19.2 Å². The van der Waals surface area contributed by atoms with Crippen LogP contribution < -0.4 is 30.7 Å². The lowest BCUT2D eigenvalue weighted by Crippen LogP contribution is -2.17. The second kappa shape index (κ2) is 25.3. The summed E-state index contributed by atoms with van der Waals surface area (Å²) >= 11 is 0. The second-order valence-electron chi connectivity index (χ2n) is 12.5. The summed E-state index contributed by atoms with van der Waals surface area (Å²) in [6.45, 7) is 6.24. The minimum atomic E-state index is -1.82. The molecule has 314 valence electrons. The van der Waals surface area contributed by atoms with Crippen LogP contribution in [0, 0.1) is 0 Å². The number of aliphatic carboxylic acids is 4. The molecule has 0 saturated heterocycles. The predicted octanol–water partition coefficient (Wildman–Crippen LogP) is 4.85. The molecule has 2 aromatic heterocycles. The summed E-state index contributed by atoms with van der Waals surface area (Å²) in [5.41, 5.74) is 6.22. The van der Waals surface area contributed by atoms with Gasteiger partial charge in [-0.2, -0.15) is 0 Å². The number of nitrogens with one attached hydrogen (secondary N) is 4. The SMILES string of the molecule is COc1cc(NC(C)CCCNc2cccc(NCCCC(C)Nc3cc(OC)cc4cccnc34)c2)c2ncccc2c1.O.O.O=C(O)C(=O)O.O=C(O)C(=O)O. The van der Waals surface area contributed by atoms with E-state index >= 15 is 0 Å². The van der Waals surface area contributed by atoms with E-state index in [0.29, 0.717) is 12.1 Å². The number of pyridine rings is 2.